The molecule has 11 nitrogen and oxygen atoms in total. The van der Waals surface area contributed by atoms with Gasteiger partial charge in [-0.05, 0) is 83.7 Å². The second kappa shape index (κ2) is 16.4. The summed E-state index contributed by atoms with van der Waals surface area (Å²) >= 11 is 0. The highest BCUT2D eigenvalue weighted by Gasteiger charge is 2.44. The minimum atomic E-state index is -4.18. The molecule has 0 aliphatic rings. The predicted molar refractivity (Wildman–Crippen MR) is 155 cm³/mol. The molecule has 0 spiro atoms. The second-order valence-electron chi connectivity index (χ2n) is 8.87. The minimum Gasteiger partial charge on any atom is -0.491 e. The zero-order chi connectivity index (χ0) is 30.6. The van der Waals surface area contributed by atoms with Crippen LogP contribution in [0.5, 0.6) is 5.75 Å². The summed E-state index contributed by atoms with van der Waals surface area (Å²) < 4.78 is 80.5. The Balaban J connectivity index is 1.72. The fraction of sp³-hybridized carbons (Fsp3) is 0.500. The van der Waals surface area contributed by atoms with Gasteiger partial charge in [0.1, 0.15) is 5.76 Å². The first-order valence-electron chi connectivity index (χ1n) is 13.9. The molecule has 2 aromatic heterocycles. The molecule has 42 heavy (non-hydrogen) atoms. The third kappa shape index (κ3) is 9.28. The average Bonchev–Trinajstić information content (AvgIpc) is 3.34. The number of ether oxygens (including phenoxy) is 1. The highest BCUT2D eigenvalue weighted by Crippen LogP contribution is 2.68. The molecule has 1 atom stereocenters. The van der Waals surface area contributed by atoms with E-state index in [1.165, 1.54) is 12.1 Å². The first-order valence-corrected chi connectivity index (χ1v) is 17.0. The number of aryl methyl sites for hydroxylation is 2. The van der Waals surface area contributed by atoms with Gasteiger partial charge in [0, 0.05) is 18.0 Å². The Morgan fingerprint density at radius 2 is 1.55 bits per heavy atom. The third-order valence-electron chi connectivity index (χ3n) is 5.83. The summed E-state index contributed by atoms with van der Waals surface area (Å²) in [6, 6.07) is 7.47. The lowest BCUT2D eigenvalue weighted by atomic mass is 10.2. The van der Waals surface area contributed by atoms with Crippen LogP contribution in [0.25, 0.3) is 11.5 Å². The zero-order valence-electron chi connectivity index (χ0n) is 24.6. The summed E-state index contributed by atoms with van der Waals surface area (Å²) in [6.45, 7) is 8.61. The number of nitrogens with zero attached hydrogens (tertiary/aromatic N) is 2. The number of benzene rings is 1. The van der Waals surface area contributed by atoms with E-state index >= 15 is 0 Å². The molecule has 0 radical (unpaired) electrons. The zero-order valence-corrected chi connectivity index (χ0v) is 26.4. The first kappa shape index (κ1) is 34.1. The van der Waals surface area contributed by atoms with Crippen molar-refractivity contribution in [3.05, 3.63) is 65.6 Å². The summed E-state index contributed by atoms with van der Waals surface area (Å²) in [7, 11) is -8.25. The van der Waals surface area contributed by atoms with Crippen molar-refractivity contribution >= 4 is 15.4 Å². The molecule has 1 aromatic carbocycles. The number of phosphoric ester groups is 1. The number of aromatic nitrogens is 2. The number of unbranched alkanes of at least 4 members (excludes halogenated alkanes) is 1. The van der Waals surface area contributed by atoms with Crippen LogP contribution in [0.4, 0.5) is 4.39 Å². The fourth-order valence-corrected chi connectivity index (χ4v) is 7.60. The Morgan fingerprint density at radius 3 is 2.17 bits per heavy atom. The normalized spacial score (nSPS) is 12.9. The van der Waals surface area contributed by atoms with Crippen LogP contribution in [0.3, 0.4) is 0 Å². The van der Waals surface area contributed by atoms with Crippen LogP contribution in [0.1, 0.15) is 63.4 Å². The minimum absolute atomic E-state index is 0.00819. The lowest BCUT2D eigenvalue weighted by Crippen LogP contribution is -2.12. The van der Waals surface area contributed by atoms with Gasteiger partial charge < -0.3 is 18.2 Å². The molecule has 1 unspecified atom stereocenters. The molecule has 2 heterocycles. The molecule has 0 aliphatic heterocycles. The highest BCUT2D eigenvalue weighted by molar-refractivity contribution is 7.55. The van der Waals surface area contributed by atoms with Gasteiger partial charge in [0.2, 0.25) is 5.89 Å². The average molecular weight is 629 g/mol. The van der Waals surface area contributed by atoms with Crippen molar-refractivity contribution in [1.29, 1.82) is 0 Å². The van der Waals surface area contributed by atoms with Gasteiger partial charge in [0.15, 0.2) is 17.4 Å². The van der Waals surface area contributed by atoms with Gasteiger partial charge in [-0.1, -0.05) is 6.07 Å². The Bertz CT molecular complexity index is 1340. The van der Waals surface area contributed by atoms with Gasteiger partial charge in [-0.15, -0.1) is 0 Å². The highest BCUT2D eigenvalue weighted by atomic mass is 31.2. The van der Waals surface area contributed by atoms with E-state index in [4.69, 9.17) is 31.8 Å². The van der Waals surface area contributed by atoms with E-state index in [0.717, 1.165) is 23.1 Å². The molecular formula is C28H39FN2O9P2. The monoisotopic (exact) mass is 628 g/mol. The van der Waals surface area contributed by atoms with Gasteiger partial charge in [-0.3, -0.25) is 23.1 Å². The fourth-order valence-electron chi connectivity index (χ4n) is 4.01. The third-order valence-corrected chi connectivity index (χ3v) is 9.83. The predicted octanol–water partition coefficient (Wildman–Crippen LogP) is 8.05. The Labute approximate surface area is 246 Å². The molecule has 3 rings (SSSR count). The van der Waals surface area contributed by atoms with Gasteiger partial charge >= 0.3 is 15.4 Å². The maximum absolute atomic E-state index is 14.8. The van der Waals surface area contributed by atoms with Crippen molar-refractivity contribution in [2.75, 3.05) is 33.0 Å². The van der Waals surface area contributed by atoms with Crippen LogP contribution in [0, 0.1) is 12.7 Å². The van der Waals surface area contributed by atoms with Gasteiger partial charge in [0.25, 0.3) is 0 Å². The Morgan fingerprint density at radius 1 is 0.905 bits per heavy atom. The maximum atomic E-state index is 14.8. The number of hydrogen-bond acceptors (Lipinski definition) is 11. The Kier molecular flexibility index (Phi) is 13.3. The van der Waals surface area contributed by atoms with Crippen LogP contribution >= 0.6 is 15.4 Å². The van der Waals surface area contributed by atoms with E-state index in [1.807, 2.05) is 19.1 Å². The summed E-state index contributed by atoms with van der Waals surface area (Å²) in [4.78, 5) is 8.59. The summed E-state index contributed by atoms with van der Waals surface area (Å²) in [5.74, 6) is -0.995. The molecule has 0 bridgehead atoms. The number of phosphoric acid groups is 1. The van der Waals surface area contributed by atoms with Crippen molar-refractivity contribution in [1.82, 2.24) is 9.97 Å². The van der Waals surface area contributed by atoms with Gasteiger partial charge in [-0.25, -0.2) is 13.9 Å². The number of halogens is 1. The van der Waals surface area contributed by atoms with Gasteiger partial charge in [-0.2, -0.15) is 0 Å². The van der Waals surface area contributed by atoms with Crippen LogP contribution in [-0.4, -0.2) is 43.0 Å². The van der Waals surface area contributed by atoms with Crippen LogP contribution in [0.15, 0.2) is 47.1 Å². The first-order chi connectivity index (χ1) is 20.2. The Hall–Kier alpha value is -2.43. The standard InChI is InChI=1S/C28H39FN2O9P2/c1-6-35-41(32,36-7-2)28(40-42(33,37-8-3)38-9-4)23-13-14-24(29)26(20-23)34-19-11-10-12-25-21(5)39-27(31-25)22-15-17-30-18-16-22/h13-18,20,28H,6-12,19H2,1-5H3. The summed E-state index contributed by atoms with van der Waals surface area (Å²) in [5, 5.41) is 0. The lowest BCUT2D eigenvalue weighted by molar-refractivity contribution is 0.0891. The summed E-state index contributed by atoms with van der Waals surface area (Å²) in [6.07, 6.45) is 5.32. The van der Waals surface area contributed by atoms with E-state index in [-0.39, 0.29) is 44.3 Å². The SMILES string of the molecule is CCOP(=O)(OCC)OC(c1ccc(F)c(OCCCCc2nc(-c3ccncc3)oc2C)c1)P(=O)(OCC)OCC. The number of pyridine rings is 1. The van der Waals surface area contributed by atoms with E-state index in [9.17, 15) is 13.5 Å². The topological polar surface area (TPSA) is 128 Å². The molecule has 232 valence electrons. The van der Waals surface area contributed by atoms with Crippen LogP contribution in [-0.2, 0) is 38.2 Å². The maximum Gasteiger partial charge on any atom is 0.475 e. The van der Waals surface area contributed by atoms with Crippen molar-refractivity contribution in [3.63, 3.8) is 0 Å². The number of oxazole rings is 1. The van der Waals surface area contributed by atoms with Crippen molar-refractivity contribution < 1.29 is 45.3 Å². The lowest BCUT2D eigenvalue weighted by Gasteiger charge is -2.29. The largest absolute Gasteiger partial charge is 0.491 e. The summed E-state index contributed by atoms with van der Waals surface area (Å²) in [5.41, 5.74) is 1.85. The molecule has 14 heteroatoms. The van der Waals surface area contributed by atoms with E-state index in [2.05, 4.69) is 9.97 Å². The molecule has 0 fully saturated rings. The molecule has 0 aliphatic carbocycles. The van der Waals surface area contributed by atoms with Crippen LogP contribution < -0.4 is 4.74 Å². The smallest absolute Gasteiger partial charge is 0.475 e. The molecule has 3 aromatic rings. The van der Waals surface area contributed by atoms with E-state index in [0.29, 0.717) is 25.2 Å². The van der Waals surface area contributed by atoms with E-state index < -0.39 is 27.1 Å². The number of rotatable bonds is 19. The second-order valence-corrected chi connectivity index (χ2v) is 12.6. The molecule has 0 saturated heterocycles. The van der Waals surface area contributed by atoms with Crippen molar-refractivity contribution in [2.24, 2.45) is 0 Å². The van der Waals surface area contributed by atoms with Crippen molar-refractivity contribution in [2.45, 2.75) is 59.7 Å². The number of hydrogen-bond donors (Lipinski definition) is 0. The quantitative estimate of drug-likeness (QED) is 0.0944. The van der Waals surface area contributed by atoms with Gasteiger partial charge in [0.05, 0.1) is 38.7 Å². The van der Waals surface area contributed by atoms with E-state index in [1.54, 1.807) is 40.1 Å². The molecular weight excluding hydrogens is 589 g/mol. The van der Waals surface area contributed by atoms with Crippen LogP contribution in [0.2, 0.25) is 0 Å². The van der Waals surface area contributed by atoms with Crippen molar-refractivity contribution in [3.8, 4) is 17.2 Å². The molecule has 0 amide bonds. The molecule has 0 saturated carbocycles. The molecule has 0 N–H and O–H groups in total.